The van der Waals surface area contributed by atoms with Crippen molar-refractivity contribution < 1.29 is 38.5 Å². The van der Waals surface area contributed by atoms with Gasteiger partial charge in [0.15, 0.2) is 6.10 Å². The minimum absolute atomic E-state index is 0.197. The number of hydrogen-bond acceptors (Lipinski definition) is 9. The molecule has 0 bridgehead atoms. The van der Waals surface area contributed by atoms with E-state index in [4.69, 9.17) is 14.2 Å². The van der Waals surface area contributed by atoms with Crippen LogP contribution in [0.25, 0.3) is 0 Å². The molecule has 0 aromatic heterocycles. The zero-order valence-corrected chi connectivity index (χ0v) is 25.0. The molecular weight excluding hydrogens is 594 g/mol. The lowest BCUT2D eigenvalue weighted by Crippen LogP contribution is -2.65. The van der Waals surface area contributed by atoms with Gasteiger partial charge in [-0.2, -0.15) is 0 Å². The van der Waals surface area contributed by atoms with Crippen molar-refractivity contribution in [2.24, 2.45) is 0 Å². The Kier molecular flexibility index (Phi) is 8.79. The van der Waals surface area contributed by atoms with Gasteiger partial charge in [0, 0.05) is 4.90 Å². The van der Waals surface area contributed by atoms with Crippen LogP contribution in [0.2, 0.25) is 0 Å². The molecule has 2 aliphatic heterocycles. The molecule has 0 radical (unpaired) electrons. The number of fused-ring (bicyclic) bond motifs is 1. The zero-order valence-electron chi connectivity index (χ0n) is 24.1. The van der Waals surface area contributed by atoms with Crippen molar-refractivity contribution in [3.63, 3.8) is 0 Å². The maximum Gasteiger partial charge on any atom is 0.338 e. The lowest BCUT2D eigenvalue weighted by molar-refractivity contribution is -0.183. The fraction of sp³-hybridized carbons (Fsp3) is 0.200. The molecule has 228 valence electrons. The van der Waals surface area contributed by atoms with Crippen LogP contribution in [-0.2, 0) is 14.2 Å². The first-order valence-corrected chi connectivity index (χ1v) is 15.2. The monoisotopic (exact) mass is 623 g/mol. The number of hydrogen-bond donors (Lipinski definition) is 1. The van der Waals surface area contributed by atoms with Crippen LogP contribution in [0.15, 0.2) is 114 Å². The number of ether oxygens (including phenoxy) is 3. The summed E-state index contributed by atoms with van der Waals surface area (Å²) in [6.45, 7) is 1.56. The number of esters is 2. The van der Waals surface area contributed by atoms with Crippen molar-refractivity contribution >= 4 is 35.5 Å². The van der Waals surface area contributed by atoms with Gasteiger partial charge in [0.2, 0.25) is 0 Å². The highest BCUT2D eigenvalue weighted by molar-refractivity contribution is 7.99. The number of thioether (sulfide) groups is 1. The van der Waals surface area contributed by atoms with Crippen molar-refractivity contribution in [1.29, 1.82) is 0 Å². The molecule has 6 rings (SSSR count). The number of carbonyl (C=O) groups is 4. The molecule has 1 N–H and O–H groups in total. The second-order valence-corrected chi connectivity index (χ2v) is 11.9. The van der Waals surface area contributed by atoms with Gasteiger partial charge in [0.25, 0.3) is 11.8 Å². The summed E-state index contributed by atoms with van der Waals surface area (Å²) in [6.07, 6.45) is -4.18. The van der Waals surface area contributed by atoms with Crippen molar-refractivity contribution in [1.82, 2.24) is 4.90 Å². The van der Waals surface area contributed by atoms with Crippen molar-refractivity contribution in [3.05, 3.63) is 137 Å². The fourth-order valence-corrected chi connectivity index (χ4v) is 6.53. The molecule has 5 unspecified atom stereocenters. The predicted molar refractivity (Wildman–Crippen MR) is 165 cm³/mol. The Morgan fingerprint density at radius 1 is 0.778 bits per heavy atom. The van der Waals surface area contributed by atoms with Crippen molar-refractivity contribution in [2.45, 2.75) is 41.6 Å². The molecule has 0 spiro atoms. The van der Waals surface area contributed by atoms with E-state index in [0.29, 0.717) is 5.56 Å². The Balaban J connectivity index is 1.38. The molecule has 2 aliphatic rings. The zero-order chi connectivity index (χ0) is 31.5. The van der Waals surface area contributed by atoms with Crippen molar-refractivity contribution in [2.75, 3.05) is 6.61 Å². The first-order chi connectivity index (χ1) is 21.8. The summed E-state index contributed by atoms with van der Waals surface area (Å²) in [5, 5.41) is 11.7. The molecule has 0 aliphatic carbocycles. The van der Waals surface area contributed by atoms with Crippen LogP contribution in [0.1, 0.15) is 47.0 Å². The second kappa shape index (κ2) is 13.1. The van der Waals surface area contributed by atoms with E-state index in [0.717, 1.165) is 15.4 Å². The number of amides is 2. The van der Waals surface area contributed by atoms with Crippen LogP contribution in [-0.4, -0.2) is 70.2 Å². The first-order valence-electron chi connectivity index (χ1n) is 14.3. The Bertz CT molecular complexity index is 1680. The maximum atomic E-state index is 13.8. The molecule has 9 nitrogen and oxygen atoms in total. The topological polar surface area (TPSA) is 119 Å². The summed E-state index contributed by atoms with van der Waals surface area (Å²) >= 11 is 1.20. The molecule has 2 amide bonds. The molecule has 45 heavy (non-hydrogen) atoms. The minimum Gasteiger partial charge on any atom is -0.459 e. The van der Waals surface area contributed by atoms with E-state index in [-0.39, 0.29) is 23.3 Å². The summed E-state index contributed by atoms with van der Waals surface area (Å²) in [5.41, 5.74) is 0.923. The molecule has 2 heterocycles. The summed E-state index contributed by atoms with van der Waals surface area (Å²) in [5.74, 6) is -2.59. The van der Waals surface area contributed by atoms with Gasteiger partial charge in [-0.1, -0.05) is 78.0 Å². The second-order valence-electron chi connectivity index (χ2n) is 10.7. The van der Waals surface area contributed by atoms with E-state index in [1.807, 2.05) is 31.2 Å². The van der Waals surface area contributed by atoms with Gasteiger partial charge >= 0.3 is 11.9 Å². The summed E-state index contributed by atoms with van der Waals surface area (Å²) < 4.78 is 17.8. The molecule has 1 fully saturated rings. The average Bonchev–Trinajstić information content (AvgIpc) is 3.32. The highest BCUT2D eigenvalue weighted by Gasteiger charge is 2.55. The van der Waals surface area contributed by atoms with E-state index >= 15 is 0 Å². The maximum absolute atomic E-state index is 13.8. The number of aliphatic hydroxyl groups excluding tert-OH is 1. The van der Waals surface area contributed by atoms with Crippen LogP contribution >= 0.6 is 11.8 Å². The smallest absolute Gasteiger partial charge is 0.338 e. The molecule has 1 saturated heterocycles. The van der Waals surface area contributed by atoms with E-state index in [1.165, 1.54) is 11.8 Å². The highest BCUT2D eigenvalue weighted by Crippen LogP contribution is 2.40. The number of benzene rings is 4. The number of carbonyl (C=O) groups excluding carboxylic acids is 4. The summed E-state index contributed by atoms with van der Waals surface area (Å²) in [7, 11) is 0. The quantitative estimate of drug-likeness (QED) is 0.215. The van der Waals surface area contributed by atoms with Crippen LogP contribution in [0.3, 0.4) is 0 Å². The van der Waals surface area contributed by atoms with E-state index < -0.39 is 53.5 Å². The van der Waals surface area contributed by atoms with Crippen LogP contribution in [0.4, 0.5) is 0 Å². The molecule has 5 atom stereocenters. The van der Waals surface area contributed by atoms with Gasteiger partial charge in [0.05, 0.1) is 22.3 Å². The molecule has 4 aromatic carbocycles. The van der Waals surface area contributed by atoms with Crippen LogP contribution < -0.4 is 0 Å². The predicted octanol–water partition coefficient (Wildman–Crippen LogP) is 4.92. The summed E-state index contributed by atoms with van der Waals surface area (Å²) in [6, 6.07) is 29.3. The third-order valence-electron chi connectivity index (χ3n) is 7.68. The van der Waals surface area contributed by atoms with Gasteiger partial charge in [-0.3, -0.25) is 14.5 Å². The number of nitrogens with zero attached hydrogens (tertiary/aromatic N) is 1. The number of aryl methyl sites for hydroxylation is 1. The Morgan fingerprint density at radius 2 is 1.31 bits per heavy atom. The fourth-order valence-electron chi connectivity index (χ4n) is 5.36. The van der Waals surface area contributed by atoms with Gasteiger partial charge in [-0.25, -0.2) is 9.59 Å². The molecule has 0 saturated carbocycles. The van der Waals surface area contributed by atoms with E-state index in [9.17, 15) is 24.3 Å². The lowest BCUT2D eigenvalue weighted by atomic mass is 9.96. The van der Waals surface area contributed by atoms with E-state index in [2.05, 4.69) is 0 Å². The SMILES string of the molecule is Cc1ccc(SC2OC(COC(=O)c3ccccc3)C(O)C(OC(=O)c3ccccc3)C2N2C(=O)c3ccccc3C2=O)cc1. The van der Waals surface area contributed by atoms with Gasteiger partial charge in [-0.05, 0) is 55.5 Å². The normalized spacial score (nSPS) is 22.5. The summed E-state index contributed by atoms with van der Waals surface area (Å²) in [4.78, 5) is 55.5. The Hall–Kier alpha value is -4.77. The van der Waals surface area contributed by atoms with Crippen LogP contribution in [0.5, 0.6) is 0 Å². The third-order valence-corrected chi connectivity index (χ3v) is 8.85. The largest absolute Gasteiger partial charge is 0.459 e. The molecule has 10 heteroatoms. The molecular formula is C35H29NO8S. The third kappa shape index (κ3) is 6.26. The average molecular weight is 624 g/mol. The lowest BCUT2D eigenvalue weighted by Gasteiger charge is -2.46. The molecule has 4 aromatic rings. The highest BCUT2D eigenvalue weighted by atomic mass is 32.2. The van der Waals surface area contributed by atoms with Crippen molar-refractivity contribution in [3.8, 4) is 0 Å². The standard InChI is InChI=1S/C35H29NO8S/c1-21-16-18-24(19-17-21)45-35-28(36-31(38)25-14-8-9-15-26(25)32(36)39)30(44-34(41)23-12-6-3-7-13-23)29(37)27(43-35)20-42-33(40)22-10-4-2-5-11-22/h2-19,27-30,35,37H,20H2,1H3. The van der Waals surface area contributed by atoms with Gasteiger partial charge in [0.1, 0.15) is 30.3 Å². The van der Waals surface area contributed by atoms with Crippen LogP contribution in [0, 0.1) is 6.92 Å². The minimum atomic E-state index is -1.58. The first kappa shape index (κ1) is 30.3. The van der Waals surface area contributed by atoms with Gasteiger partial charge < -0.3 is 19.3 Å². The van der Waals surface area contributed by atoms with E-state index in [1.54, 1.807) is 84.9 Å². The Morgan fingerprint density at radius 3 is 1.89 bits per heavy atom. The number of rotatable bonds is 8. The number of aliphatic hydroxyl groups is 1. The number of imide groups is 1. The van der Waals surface area contributed by atoms with Gasteiger partial charge in [-0.15, -0.1) is 0 Å². The Labute approximate surface area is 263 Å².